The van der Waals surface area contributed by atoms with Crippen molar-refractivity contribution in [3.8, 4) is 11.5 Å². The normalized spacial score (nSPS) is 14.3. The number of hydrogen-bond acceptors (Lipinski definition) is 6. The van der Waals surface area contributed by atoms with Gasteiger partial charge in [-0.25, -0.2) is 9.69 Å². The summed E-state index contributed by atoms with van der Waals surface area (Å²) in [4.78, 5) is 51.7. The van der Waals surface area contributed by atoms with Gasteiger partial charge >= 0.3 is 6.03 Å². The number of aryl methyl sites for hydroxylation is 2. The third kappa shape index (κ3) is 5.94. The number of barbiturate groups is 1. The Morgan fingerprint density at radius 2 is 1.79 bits per heavy atom. The molecule has 1 heterocycles. The number of ether oxygens (including phenoxy) is 2. The van der Waals surface area contributed by atoms with Crippen LogP contribution >= 0.6 is 11.6 Å². The smallest absolute Gasteiger partial charge is 0.335 e. The second kappa shape index (κ2) is 11.4. The Hall–Kier alpha value is -4.63. The van der Waals surface area contributed by atoms with E-state index in [2.05, 4.69) is 10.6 Å². The summed E-state index contributed by atoms with van der Waals surface area (Å²) in [6.07, 6.45) is 1.34. The van der Waals surface area contributed by atoms with Crippen molar-refractivity contribution in [1.82, 2.24) is 5.32 Å². The highest BCUT2D eigenvalue weighted by atomic mass is 35.5. The lowest BCUT2D eigenvalue weighted by molar-refractivity contribution is -0.122. The summed E-state index contributed by atoms with van der Waals surface area (Å²) in [6, 6.07) is 14.4. The largest absolute Gasteiger partial charge is 0.493 e. The number of hydrogen-bond donors (Lipinski definition) is 2. The number of rotatable bonds is 7. The van der Waals surface area contributed by atoms with E-state index in [-0.39, 0.29) is 29.5 Å². The molecule has 39 heavy (non-hydrogen) atoms. The van der Waals surface area contributed by atoms with E-state index >= 15 is 0 Å². The fourth-order valence-electron chi connectivity index (χ4n) is 3.97. The first-order valence-electron chi connectivity index (χ1n) is 11.9. The Balaban J connectivity index is 1.53. The molecule has 0 aliphatic carbocycles. The van der Waals surface area contributed by atoms with Crippen molar-refractivity contribution in [1.29, 1.82) is 0 Å². The molecule has 10 heteroatoms. The zero-order chi connectivity index (χ0) is 28.3. The standard InChI is InChI=1S/C29H26ClN3O6/c1-16-8-9-17(2)22(12-16)31-26(34)15-39-24-11-10-19(14-25(24)38-4)13-20-27(35)32-29(37)33(28(20)36)23-7-5-6-21(30)18(23)3/h5-14H,15H2,1-4H3,(H,31,34)(H,32,35,37)/b20-13-. The quantitative estimate of drug-likeness (QED) is 0.319. The Kier molecular flexibility index (Phi) is 8.01. The molecule has 0 saturated carbocycles. The molecule has 4 rings (SSSR count). The molecule has 3 aromatic carbocycles. The van der Waals surface area contributed by atoms with Crippen LogP contribution < -0.4 is 25.0 Å². The van der Waals surface area contributed by atoms with Crippen molar-refractivity contribution in [2.24, 2.45) is 0 Å². The van der Waals surface area contributed by atoms with Crippen molar-refractivity contribution in [3.63, 3.8) is 0 Å². The van der Waals surface area contributed by atoms with Crippen LogP contribution in [0.1, 0.15) is 22.3 Å². The number of anilines is 2. The number of nitrogens with zero attached hydrogens (tertiary/aromatic N) is 1. The van der Waals surface area contributed by atoms with Crippen molar-refractivity contribution >= 4 is 52.8 Å². The van der Waals surface area contributed by atoms with Crippen LogP contribution in [0.4, 0.5) is 16.2 Å². The van der Waals surface area contributed by atoms with Gasteiger partial charge in [-0.15, -0.1) is 0 Å². The van der Waals surface area contributed by atoms with Gasteiger partial charge < -0.3 is 14.8 Å². The predicted octanol–water partition coefficient (Wildman–Crippen LogP) is 4.96. The molecule has 0 aromatic heterocycles. The Bertz CT molecular complexity index is 1530. The molecule has 5 amide bonds. The van der Waals surface area contributed by atoms with Crippen molar-refractivity contribution in [2.75, 3.05) is 23.9 Å². The molecule has 1 saturated heterocycles. The summed E-state index contributed by atoms with van der Waals surface area (Å²) < 4.78 is 11.1. The third-order valence-corrected chi connectivity index (χ3v) is 6.52. The summed E-state index contributed by atoms with van der Waals surface area (Å²) in [5.41, 5.74) is 3.62. The van der Waals surface area contributed by atoms with E-state index < -0.39 is 17.8 Å². The monoisotopic (exact) mass is 547 g/mol. The van der Waals surface area contributed by atoms with E-state index in [1.165, 1.54) is 13.2 Å². The highest BCUT2D eigenvalue weighted by molar-refractivity contribution is 6.40. The van der Waals surface area contributed by atoms with Crippen molar-refractivity contribution in [3.05, 3.63) is 87.4 Å². The molecule has 0 radical (unpaired) electrons. The van der Waals surface area contributed by atoms with Crippen LogP contribution in [-0.2, 0) is 14.4 Å². The van der Waals surface area contributed by atoms with Gasteiger partial charge in [0.2, 0.25) is 0 Å². The topological polar surface area (TPSA) is 114 Å². The summed E-state index contributed by atoms with van der Waals surface area (Å²) >= 11 is 6.17. The van der Waals surface area contributed by atoms with Crippen LogP contribution in [0.5, 0.6) is 11.5 Å². The molecule has 1 fully saturated rings. The molecule has 200 valence electrons. The van der Waals surface area contributed by atoms with Crippen LogP contribution in [0.2, 0.25) is 5.02 Å². The second-order valence-corrected chi connectivity index (χ2v) is 9.31. The number of benzene rings is 3. The fourth-order valence-corrected chi connectivity index (χ4v) is 4.14. The average Bonchev–Trinajstić information content (AvgIpc) is 2.90. The van der Waals surface area contributed by atoms with Gasteiger partial charge in [0.05, 0.1) is 12.8 Å². The molecular weight excluding hydrogens is 522 g/mol. The number of halogens is 1. The molecule has 0 atom stereocenters. The van der Waals surface area contributed by atoms with Gasteiger partial charge in [-0.05, 0) is 79.4 Å². The number of amides is 5. The summed E-state index contributed by atoms with van der Waals surface area (Å²) in [5, 5.41) is 5.39. The Labute approximate surface area is 230 Å². The molecule has 1 aliphatic heterocycles. The zero-order valence-corrected chi connectivity index (χ0v) is 22.5. The van der Waals surface area contributed by atoms with Gasteiger partial charge in [-0.3, -0.25) is 19.7 Å². The van der Waals surface area contributed by atoms with Gasteiger partial charge in [-0.2, -0.15) is 0 Å². The Morgan fingerprint density at radius 1 is 1.03 bits per heavy atom. The van der Waals surface area contributed by atoms with E-state index in [4.69, 9.17) is 21.1 Å². The van der Waals surface area contributed by atoms with Gasteiger partial charge in [0.25, 0.3) is 17.7 Å². The summed E-state index contributed by atoms with van der Waals surface area (Å²) in [6.45, 7) is 5.24. The second-order valence-electron chi connectivity index (χ2n) is 8.91. The van der Waals surface area contributed by atoms with Crippen LogP contribution in [-0.4, -0.2) is 37.5 Å². The van der Waals surface area contributed by atoms with Crippen LogP contribution in [0.15, 0.2) is 60.2 Å². The minimum atomic E-state index is -0.868. The predicted molar refractivity (Wildman–Crippen MR) is 148 cm³/mol. The minimum Gasteiger partial charge on any atom is -0.493 e. The average molecular weight is 548 g/mol. The molecule has 0 unspecified atom stereocenters. The van der Waals surface area contributed by atoms with Crippen LogP contribution in [0.25, 0.3) is 6.08 Å². The molecule has 0 spiro atoms. The highest BCUT2D eigenvalue weighted by Gasteiger charge is 2.37. The number of carbonyl (C=O) groups is 4. The van der Waals surface area contributed by atoms with E-state index in [0.717, 1.165) is 16.0 Å². The maximum Gasteiger partial charge on any atom is 0.335 e. The highest BCUT2D eigenvalue weighted by Crippen LogP contribution is 2.32. The van der Waals surface area contributed by atoms with Crippen molar-refractivity contribution < 1.29 is 28.7 Å². The molecule has 3 aromatic rings. The number of urea groups is 1. The van der Waals surface area contributed by atoms with Gasteiger partial charge in [0, 0.05) is 10.7 Å². The zero-order valence-electron chi connectivity index (χ0n) is 21.8. The van der Waals surface area contributed by atoms with Crippen LogP contribution in [0, 0.1) is 20.8 Å². The lowest BCUT2D eigenvalue weighted by Gasteiger charge is -2.27. The number of nitrogens with one attached hydrogen (secondary N) is 2. The molecular formula is C29H26ClN3O6. The van der Waals surface area contributed by atoms with E-state index in [1.54, 1.807) is 43.3 Å². The first-order chi connectivity index (χ1) is 18.6. The maximum atomic E-state index is 13.2. The van der Waals surface area contributed by atoms with E-state index in [9.17, 15) is 19.2 Å². The van der Waals surface area contributed by atoms with E-state index in [0.29, 0.717) is 27.6 Å². The molecule has 2 N–H and O–H groups in total. The van der Waals surface area contributed by atoms with Gasteiger partial charge in [0.1, 0.15) is 5.57 Å². The number of carbonyl (C=O) groups excluding carboxylic acids is 4. The van der Waals surface area contributed by atoms with Crippen molar-refractivity contribution in [2.45, 2.75) is 20.8 Å². The SMILES string of the molecule is COc1cc(/C=C2/C(=O)NC(=O)N(c3cccc(Cl)c3C)C2=O)ccc1OCC(=O)Nc1cc(C)ccc1C. The number of imide groups is 2. The Morgan fingerprint density at radius 3 is 2.54 bits per heavy atom. The molecule has 9 nitrogen and oxygen atoms in total. The minimum absolute atomic E-state index is 0.252. The van der Waals surface area contributed by atoms with Gasteiger partial charge in [0.15, 0.2) is 18.1 Å². The summed E-state index contributed by atoms with van der Waals surface area (Å²) in [7, 11) is 1.43. The van der Waals surface area contributed by atoms with Gasteiger partial charge in [-0.1, -0.05) is 35.9 Å². The van der Waals surface area contributed by atoms with E-state index in [1.807, 2.05) is 32.0 Å². The third-order valence-electron chi connectivity index (χ3n) is 6.11. The fraction of sp³-hybridized carbons (Fsp3) is 0.172. The first kappa shape index (κ1) is 27.4. The first-order valence-corrected chi connectivity index (χ1v) is 12.3. The number of methoxy groups -OCH3 is 1. The molecule has 1 aliphatic rings. The lowest BCUT2D eigenvalue weighted by atomic mass is 10.1. The lowest BCUT2D eigenvalue weighted by Crippen LogP contribution is -2.54. The molecule has 0 bridgehead atoms. The maximum absolute atomic E-state index is 13.2. The summed E-state index contributed by atoms with van der Waals surface area (Å²) in [5.74, 6) is -1.39. The van der Waals surface area contributed by atoms with Crippen LogP contribution in [0.3, 0.4) is 0 Å².